The number of aliphatic hydroxyl groups is 3. The maximum Gasteiger partial charge on any atom is 0.255 e. The molecule has 5 rings (SSSR count). The Labute approximate surface area is 217 Å². The summed E-state index contributed by atoms with van der Waals surface area (Å²) in [6.07, 6.45) is 4.46. The van der Waals surface area contributed by atoms with Gasteiger partial charge in [0.2, 0.25) is 5.78 Å². The van der Waals surface area contributed by atoms with Gasteiger partial charge >= 0.3 is 0 Å². The average molecular weight is 521 g/mol. The second-order valence-corrected chi connectivity index (χ2v) is 10.2. The van der Waals surface area contributed by atoms with Crippen LogP contribution < -0.4 is 10.6 Å². The number of hydrogen-bond donors (Lipinski definition) is 4. The van der Waals surface area contributed by atoms with Crippen LogP contribution in [0.5, 0.6) is 0 Å². The van der Waals surface area contributed by atoms with Gasteiger partial charge in [-0.05, 0) is 32.2 Å². The van der Waals surface area contributed by atoms with Crippen molar-refractivity contribution in [3.63, 3.8) is 0 Å². The molecule has 1 amide bonds. The number of primary amides is 1. The molecule has 0 aliphatic heterocycles. The number of allylic oxidation sites excluding steroid dienone is 3. The second-order valence-electron chi connectivity index (χ2n) is 10.2. The highest BCUT2D eigenvalue weighted by Gasteiger charge is 2.64. The van der Waals surface area contributed by atoms with E-state index in [-0.39, 0.29) is 23.1 Å². The largest absolute Gasteiger partial charge is 0.508 e. The van der Waals surface area contributed by atoms with Gasteiger partial charge in [-0.3, -0.25) is 19.3 Å². The van der Waals surface area contributed by atoms with E-state index in [0.717, 1.165) is 0 Å². The van der Waals surface area contributed by atoms with Gasteiger partial charge in [-0.15, -0.1) is 0 Å². The molecule has 1 aromatic carbocycles. The molecule has 0 bridgehead atoms. The summed E-state index contributed by atoms with van der Waals surface area (Å²) in [6, 6.07) is 0.649. The molecule has 3 aliphatic carbocycles. The third-order valence-corrected chi connectivity index (χ3v) is 7.80. The number of anilines is 1. The molecule has 0 saturated heterocycles. The van der Waals surface area contributed by atoms with Crippen molar-refractivity contribution in [2.45, 2.75) is 18.1 Å². The third-order valence-electron chi connectivity index (χ3n) is 7.80. The maximum atomic E-state index is 14.2. The Balaban J connectivity index is 1.89. The van der Waals surface area contributed by atoms with Gasteiger partial charge < -0.3 is 30.4 Å². The maximum absolute atomic E-state index is 14.2. The molecule has 1 aromatic heterocycles. The topological polar surface area (TPSA) is 170 Å². The molecular weight excluding hydrogens is 492 g/mol. The lowest BCUT2D eigenvalue weighted by atomic mass is 9.56. The lowest BCUT2D eigenvalue weighted by molar-refractivity contribution is -0.152. The van der Waals surface area contributed by atoms with E-state index in [1.807, 2.05) is 19.0 Å². The Kier molecular flexibility index (Phi) is 5.62. The summed E-state index contributed by atoms with van der Waals surface area (Å²) in [5.41, 5.74) is 4.45. The fourth-order valence-electron chi connectivity index (χ4n) is 6.23. The number of benzene rings is 1. The van der Waals surface area contributed by atoms with Gasteiger partial charge in [0.1, 0.15) is 22.6 Å². The Bertz CT molecular complexity index is 1540. The second kappa shape index (κ2) is 8.40. The van der Waals surface area contributed by atoms with Crippen molar-refractivity contribution in [3.8, 4) is 0 Å². The first-order valence-electron chi connectivity index (χ1n) is 11.9. The fraction of sp³-hybridized carbons (Fsp3) is 0.333. The molecule has 1 fully saturated rings. The van der Waals surface area contributed by atoms with Crippen LogP contribution in [0.2, 0.25) is 0 Å². The Morgan fingerprint density at radius 3 is 2.50 bits per heavy atom. The number of rotatable bonds is 4. The average Bonchev–Trinajstić information content (AvgIpc) is 3.31. The summed E-state index contributed by atoms with van der Waals surface area (Å²) in [6.45, 7) is 3.82. The van der Waals surface area contributed by atoms with E-state index in [9.17, 15) is 29.7 Å². The van der Waals surface area contributed by atoms with E-state index in [4.69, 9.17) is 10.2 Å². The summed E-state index contributed by atoms with van der Waals surface area (Å²) in [5, 5.41) is 34.5. The predicted molar refractivity (Wildman–Crippen MR) is 139 cm³/mol. The lowest BCUT2D eigenvalue weighted by Gasteiger charge is -2.50. The number of carbonyl (C=O) groups is 3. The van der Waals surface area contributed by atoms with Crippen molar-refractivity contribution >= 4 is 45.6 Å². The van der Waals surface area contributed by atoms with Crippen molar-refractivity contribution < 1.29 is 34.1 Å². The number of nitrogens with zero attached hydrogens (tertiary/aromatic N) is 3. The molecule has 0 unspecified atom stereocenters. The molecule has 0 spiro atoms. The molecule has 4 atom stereocenters. The van der Waals surface area contributed by atoms with Crippen LogP contribution in [0.3, 0.4) is 0 Å². The summed E-state index contributed by atoms with van der Waals surface area (Å²) < 4.78 is 5.61. The zero-order valence-corrected chi connectivity index (χ0v) is 21.3. The zero-order valence-electron chi connectivity index (χ0n) is 21.3. The monoisotopic (exact) mass is 520 g/mol. The zero-order chi connectivity index (χ0) is 27.8. The van der Waals surface area contributed by atoms with Gasteiger partial charge in [0.15, 0.2) is 23.4 Å². The van der Waals surface area contributed by atoms with Crippen LogP contribution in [0, 0.1) is 11.8 Å². The third kappa shape index (κ3) is 3.09. The molecule has 1 heterocycles. The van der Waals surface area contributed by atoms with Crippen molar-refractivity contribution in [2.24, 2.45) is 17.6 Å². The minimum Gasteiger partial charge on any atom is -0.508 e. The number of oxazole rings is 1. The number of hydrogen-bond acceptors (Lipinski definition) is 10. The van der Waals surface area contributed by atoms with E-state index < -0.39 is 58.0 Å². The van der Waals surface area contributed by atoms with E-state index in [1.165, 1.54) is 11.3 Å². The fourth-order valence-corrected chi connectivity index (χ4v) is 6.23. The van der Waals surface area contributed by atoms with Crippen molar-refractivity contribution in [1.29, 1.82) is 0 Å². The number of fused-ring (bicyclic) bond motifs is 5. The molecule has 3 aliphatic rings. The molecule has 38 heavy (non-hydrogen) atoms. The number of nitrogens with two attached hydrogens (primary N) is 1. The molecular formula is C27H28N4O7. The highest BCUT2D eigenvalue weighted by Crippen LogP contribution is 2.57. The molecule has 2 aromatic rings. The summed E-state index contributed by atoms with van der Waals surface area (Å²) in [5.74, 6) is -6.57. The van der Waals surface area contributed by atoms with Gasteiger partial charge in [-0.2, -0.15) is 0 Å². The number of carbonyl (C=O) groups excluding carboxylic acids is 3. The van der Waals surface area contributed by atoms with Crippen molar-refractivity contribution in [2.75, 3.05) is 33.1 Å². The summed E-state index contributed by atoms with van der Waals surface area (Å²) in [7, 11) is 6.78. The van der Waals surface area contributed by atoms with Crippen molar-refractivity contribution in [1.82, 2.24) is 9.88 Å². The molecule has 198 valence electrons. The number of Topliss-reactive ketones (excluding diaryl/α,β-unsaturated/α-hetero) is 2. The Morgan fingerprint density at radius 2 is 1.92 bits per heavy atom. The molecule has 5 N–H and O–H groups in total. The van der Waals surface area contributed by atoms with Crippen LogP contribution in [0.4, 0.5) is 5.69 Å². The first-order chi connectivity index (χ1) is 17.9. The minimum absolute atomic E-state index is 0.0211. The molecule has 0 radical (unpaired) electrons. The van der Waals surface area contributed by atoms with Crippen LogP contribution in [0.15, 0.2) is 52.5 Å². The Morgan fingerprint density at radius 1 is 1.24 bits per heavy atom. The minimum atomic E-state index is -2.68. The van der Waals surface area contributed by atoms with Crippen LogP contribution in [-0.2, 0) is 14.4 Å². The van der Waals surface area contributed by atoms with Gasteiger partial charge in [0.25, 0.3) is 5.91 Å². The van der Waals surface area contributed by atoms with E-state index in [2.05, 4.69) is 11.6 Å². The number of aromatic nitrogens is 1. The van der Waals surface area contributed by atoms with Crippen LogP contribution >= 0.6 is 0 Å². The van der Waals surface area contributed by atoms with E-state index in [1.54, 1.807) is 32.3 Å². The van der Waals surface area contributed by atoms with Gasteiger partial charge in [-0.25, -0.2) is 4.98 Å². The van der Waals surface area contributed by atoms with Crippen LogP contribution in [-0.4, -0.2) is 82.5 Å². The number of likely N-dealkylation sites (N-methyl/N-ethyl adjacent to an activating group) is 1. The highest BCUT2D eigenvalue weighted by molar-refractivity contribution is 6.25. The first-order valence-corrected chi connectivity index (χ1v) is 11.9. The normalized spacial score (nSPS) is 28.1. The Hall–Kier alpha value is -4.22. The summed E-state index contributed by atoms with van der Waals surface area (Å²) in [4.78, 5) is 47.2. The van der Waals surface area contributed by atoms with Gasteiger partial charge in [-0.1, -0.05) is 18.7 Å². The smallest absolute Gasteiger partial charge is 0.255 e. The number of ketones is 2. The molecule has 11 heteroatoms. The van der Waals surface area contributed by atoms with Crippen LogP contribution in [0.1, 0.15) is 17.5 Å². The number of aliphatic hydroxyl groups excluding tert-OH is 2. The molecule has 11 nitrogen and oxygen atoms in total. The standard InChI is InChI=1S/C27H28N4O7/c1-6-7-11-12-8-13-20(31(4)5)22(33)19(26(28)36)25(35)27(13,37)24(34)17(12)21(32)18-16(11)15(30(2)3)9-14-23(18)38-10-29-14/h6-7,9-10,12-13,20,32,35,37H,1,8H2,2-5H3,(H2,28,36)/b11-7+/t12-,13+,20+,27+/m1/s1. The van der Waals surface area contributed by atoms with Crippen LogP contribution in [0.25, 0.3) is 22.4 Å². The molecule has 1 saturated carbocycles. The van der Waals surface area contributed by atoms with E-state index in [0.29, 0.717) is 22.3 Å². The quantitative estimate of drug-likeness (QED) is 0.433. The van der Waals surface area contributed by atoms with Crippen molar-refractivity contribution in [3.05, 3.63) is 59.2 Å². The number of amides is 1. The first kappa shape index (κ1) is 25.4. The van der Waals surface area contributed by atoms with Gasteiger partial charge in [0, 0.05) is 42.8 Å². The summed E-state index contributed by atoms with van der Waals surface area (Å²) >= 11 is 0. The lowest BCUT2D eigenvalue weighted by Crippen LogP contribution is -2.65. The SMILES string of the molecule is C=C/C=C1/c2c(N(C)C)cc3ncoc3c2C(O)=C2C(=O)[C@]3(O)C(O)=C(C(N)=O)C(=O)[C@@H](N(C)C)[C@@H]3C[C@@H]21. The van der Waals surface area contributed by atoms with E-state index >= 15 is 0 Å². The van der Waals surface area contributed by atoms with Gasteiger partial charge in [0.05, 0.1) is 11.6 Å². The highest BCUT2D eigenvalue weighted by atomic mass is 16.4. The predicted octanol–water partition coefficient (Wildman–Crippen LogP) is 1.49.